The highest BCUT2D eigenvalue weighted by Gasteiger charge is 2.21. The van der Waals surface area contributed by atoms with Gasteiger partial charge in [0.25, 0.3) is 0 Å². The predicted molar refractivity (Wildman–Crippen MR) is 211 cm³/mol. The number of benzene rings is 7. The summed E-state index contributed by atoms with van der Waals surface area (Å²) in [6.07, 6.45) is 0. The minimum atomic E-state index is 0.613. The maximum atomic E-state index is 6.18. The summed E-state index contributed by atoms with van der Waals surface area (Å²) in [6.45, 7) is 0. The van der Waals surface area contributed by atoms with Crippen LogP contribution in [0.25, 0.3) is 104 Å². The van der Waals surface area contributed by atoms with Crippen LogP contribution in [-0.2, 0) is 0 Å². The summed E-state index contributed by atoms with van der Waals surface area (Å²) in [7, 11) is 0. The number of furan rings is 1. The van der Waals surface area contributed by atoms with E-state index in [2.05, 4.69) is 138 Å². The van der Waals surface area contributed by atoms with Crippen LogP contribution in [0.5, 0.6) is 0 Å². The molecule has 0 aliphatic carbocycles. The van der Waals surface area contributed by atoms with Crippen molar-refractivity contribution >= 4 is 75.3 Å². The molecule has 0 atom stereocenters. The first-order valence-corrected chi connectivity index (χ1v) is 17.8. The summed E-state index contributed by atoms with van der Waals surface area (Å²) in [5.41, 5.74) is 7.88. The van der Waals surface area contributed by atoms with Crippen LogP contribution in [0, 0.1) is 0 Å². The Kier molecular flexibility index (Phi) is 6.05. The highest BCUT2D eigenvalue weighted by atomic mass is 32.1. The fourth-order valence-corrected chi connectivity index (χ4v) is 8.77. The van der Waals surface area contributed by atoms with Crippen LogP contribution in [0.2, 0.25) is 0 Å². The van der Waals surface area contributed by atoms with Gasteiger partial charge >= 0.3 is 0 Å². The van der Waals surface area contributed by atoms with Gasteiger partial charge in [0.1, 0.15) is 11.2 Å². The molecule has 0 fully saturated rings. The van der Waals surface area contributed by atoms with Crippen LogP contribution in [0.15, 0.2) is 162 Å². The van der Waals surface area contributed by atoms with E-state index in [0.29, 0.717) is 17.5 Å². The smallest absolute Gasteiger partial charge is 0.164 e. The molecule has 0 saturated heterocycles. The predicted octanol–water partition coefficient (Wildman–Crippen LogP) is 12.2. The Morgan fingerprint density at radius 2 is 1.06 bits per heavy atom. The van der Waals surface area contributed by atoms with E-state index in [4.69, 9.17) is 19.4 Å². The molecule has 11 rings (SSSR count). The van der Waals surface area contributed by atoms with E-state index in [1.165, 1.54) is 14.8 Å². The van der Waals surface area contributed by atoms with Crippen LogP contribution in [-0.4, -0.2) is 19.5 Å². The molecule has 4 aromatic heterocycles. The van der Waals surface area contributed by atoms with Gasteiger partial charge in [-0.25, -0.2) is 15.0 Å². The van der Waals surface area contributed by atoms with Gasteiger partial charge in [0.2, 0.25) is 0 Å². The van der Waals surface area contributed by atoms with Gasteiger partial charge < -0.3 is 8.98 Å². The lowest BCUT2D eigenvalue weighted by Crippen LogP contribution is -2.01. The molecule has 51 heavy (non-hydrogen) atoms. The minimum Gasteiger partial charge on any atom is -0.456 e. The van der Waals surface area contributed by atoms with Gasteiger partial charge in [-0.15, -0.1) is 11.3 Å². The van der Waals surface area contributed by atoms with Gasteiger partial charge in [0, 0.05) is 64.1 Å². The van der Waals surface area contributed by atoms with E-state index in [0.717, 1.165) is 71.5 Å². The van der Waals surface area contributed by atoms with E-state index in [9.17, 15) is 0 Å². The Bertz CT molecular complexity index is 3150. The van der Waals surface area contributed by atoms with Gasteiger partial charge in [-0.05, 0) is 60.7 Å². The highest BCUT2D eigenvalue weighted by Crippen LogP contribution is 2.42. The Morgan fingerprint density at radius 3 is 1.92 bits per heavy atom. The molecular weight excluding hydrogens is 645 g/mol. The van der Waals surface area contributed by atoms with Crippen molar-refractivity contribution in [3.63, 3.8) is 0 Å². The van der Waals surface area contributed by atoms with Gasteiger partial charge in [-0.3, -0.25) is 0 Å². The summed E-state index contributed by atoms with van der Waals surface area (Å²) in [6, 6.07) is 54.9. The first-order valence-electron chi connectivity index (χ1n) is 16.9. The lowest BCUT2D eigenvalue weighted by molar-refractivity contribution is 0.669. The molecule has 4 heterocycles. The number of fused-ring (bicyclic) bond motifs is 9. The molecule has 0 unspecified atom stereocenters. The normalized spacial score (nSPS) is 11.9. The molecule has 0 amide bonds. The van der Waals surface area contributed by atoms with E-state index in [-0.39, 0.29) is 0 Å². The molecule has 5 nitrogen and oxygen atoms in total. The number of nitrogens with zero attached hydrogens (tertiary/aromatic N) is 4. The average molecular weight is 671 g/mol. The molecule has 11 aromatic rings. The fraction of sp³-hybridized carbons (Fsp3) is 0. The second-order valence-electron chi connectivity index (χ2n) is 12.8. The second-order valence-corrected chi connectivity index (χ2v) is 13.9. The SMILES string of the molecule is c1ccc(-n2c3ccccc3c3c(-c4nc(-c5ccc6oc7ccccc7c6c5)nc(-c5cccc6sc7ccccc7c56)n4)cccc32)cc1. The van der Waals surface area contributed by atoms with Gasteiger partial charge in [0.05, 0.1) is 11.0 Å². The number of thiophene rings is 1. The largest absolute Gasteiger partial charge is 0.456 e. The Labute approximate surface area is 295 Å². The highest BCUT2D eigenvalue weighted by molar-refractivity contribution is 7.25. The van der Waals surface area contributed by atoms with E-state index >= 15 is 0 Å². The molecule has 238 valence electrons. The van der Waals surface area contributed by atoms with E-state index < -0.39 is 0 Å². The summed E-state index contributed by atoms with van der Waals surface area (Å²) in [5.74, 6) is 1.89. The van der Waals surface area contributed by atoms with Crippen molar-refractivity contribution in [1.82, 2.24) is 19.5 Å². The van der Waals surface area contributed by atoms with Crippen molar-refractivity contribution in [2.75, 3.05) is 0 Å². The molecule has 0 radical (unpaired) electrons. The molecular formula is C45H26N4OS. The number of rotatable bonds is 4. The molecule has 0 saturated carbocycles. The maximum absolute atomic E-state index is 6.18. The zero-order valence-electron chi connectivity index (χ0n) is 27.1. The molecule has 0 aliphatic heterocycles. The number of aromatic nitrogens is 4. The third kappa shape index (κ3) is 4.30. The van der Waals surface area contributed by atoms with Crippen molar-refractivity contribution in [3.05, 3.63) is 158 Å². The fourth-order valence-electron chi connectivity index (χ4n) is 7.63. The zero-order chi connectivity index (χ0) is 33.5. The number of hydrogen-bond acceptors (Lipinski definition) is 5. The van der Waals surface area contributed by atoms with Crippen LogP contribution < -0.4 is 0 Å². The number of hydrogen-bond donors (Lipinski definition) is 0. The molecule has 0 spiro atoms. The van der Waals surface area contributed by atoms with Crippen molar-refractivity contribution in [3.8, 4) is 39.9 Å². The third-order valence-electron chi connectivity index (χ3n) is 9.87. The molecule has 0 bridgehead atoms. The summed E-state index contributed by atoms with van der Waals surface area (Å²) in [5, 5.41) is 6.72. The van der Waals surface area contributed by atoms with Crippen molar-refractivity contribution in [2.45, 2.75) is 0 Å². The van der Waals surface area contributed by atoms with Crippen LogP contribution in [0.4, 0.5) is 0 Å². The number of para-hydroxylation sites is 3. The Morgan fingerprint density at radius 1 is 0.431 bits per heavy atom. The van der Waals surface area contributed by atoms with Crippen molar-refractivity contribution in [2.24, 2.45) is 0 Å². The van der Waals surface area contributed by atoms with Crippen molar-refractivity contribution in [1.29, 1.82) is 0 Å². The lowest BCUT2D eigenvalue weighted by Gasteiger charge is -2.11. The summed E-state index contributed by atoms with van der Waals surface area (Å²) < 4.78 is 11.0. The lowest BCUT2D eigenvalue weighted by atomic mass is 10.0. The topological polar surface area (TPSA) is 56.7 Å². The molecule has 7 aromatic carbocycles. The van der Waals surface area contributed by atoms with Crippen LogP contribution in [0.1, 0.15) is 0 Å². The maximum Gasteiger partial charge on any atom is 0.164 e. The van der Waals surface area contributed by atoms with Gasteiger partial charge in [-0.1, -0.05) is 97.1 Å². The quantitative estimate of drug-likeness (QED) is 0.187. The van der Waals surface area contributed by atoms with Gasteiger partial charge in [-0.2, -0.15) is 0 Å². The molecule has 6 heteroatoms. The Balaban J connectivity index is 1.22. The third-order valence-corrected chi connectivity index (χ3v) is 11.0. The van der Waals surface area contributed by atoms with Crippen LogP contribution >= 0.6 is 11.3 Å². The Hall–Kier alpha value is -6.63. The average Bonchev–Trinajstić information content (AvgIpc) is 3.87. The minimum absolute atomic E-state index is 0.613. The monoisotopic (exact) mass is 670 g/mol. The summed E-state index contributed by atoms with van der Waals surface area (Å²) in [4.78, 5) is 15.9. The molecule has 0 N–H and O–H groups in total. The zero-order valence-corrected chi connectivity index (χ0v) is 27.9. The van der Waals surface area contributed by atoms with Crippen LogP contribution in [0.3, 0.4) is 0 Å². The first-order chi connectivity index (χ1) is 25.3. The van der Waals surface area contributed by atoms with Crippen molar-refractivity contribution < 1.29 is 4.42 Å². The van der Waals surface area contributed by atoms with E-state index in [1.54, 1.807) is 11.3 Å². The van der Waals surface area contributed by atoms with Gasteiger partial charge in [0.15, 0.2) is 17.5 Å². The second kappa shape index (κ2) is 10.9. The first kappa shape index (κ1) is 28.2. The standard InChI is InChI=1S/C45H26N4OS/c1-2-12-28(13-3-1)49-35-19-7-4-15-30(35)41-32(17-10-20-36(41)49)44-46-43(27-24-25-38-34(26-27)29-14-5-8-21-37(29)50-38)47-45(48-44)33-18-11-23-40-42(33)31-16-6-9-22-39(31)51-40/h1-26H. The van der Waals surface area contributed by atoms with E-state index in [1.807, 2.05) is 24.3 Å². The molecule has 0 aliphatic rings. The summed E-state index contributed by atoms with van der Waals surface area (Å²) >= 11 is 1.79.